The molecule has 0 fully saturated rings. The van der Waals surface area contributed by atoms with Crippen LogP contribution in [0.25, 0.3) is 10.9 Å². The molecular weight excluding hydrogens is 386 g/mol. The SMILES string of the molecule is CC.Cc1nn(PI)c2ccc(Br)cc12. The molecule has 1 unspecified atom stereocenters. The van der Waals surface area contributed by atoms with Gasteiger partial charge in [0.15, 0.2) is 0 Å². The average Bonchev–Trinajstić information content (AvgIpc) is 2.58. The van der Waals surface area contributed by atoms with Gasteiger partial charge in [-0.05, 0) is 47.2 Å². The monoisotopic (exact) mass is 398 g/mol. The number of halogens is 2. The van der Waals surface area contributed by atoms with Crippen molar-refractivity contribution in [1.82, 2.24) is 9.55 Å². The first-order valence-electron chi connectivity index (χ1n) is 4.74. The van der Waals surface area contributed by atoms with Gasteiger partial charge in [0.25, 0.3) is 0 Å². The summed E-state index contributed by atoms with van der Waals surface area (Å²) < 4.78 is 3.15. The molecule has 0 spiro atoms. The number of aryl methyl sites for hydroxylation is 1. The van der Waals surface area contributed by atoms with E-state index >= 15 is 0 Å². The Labute approximate surface area is 113 Å². The number of benzene rings is 1. The lowest BCUT2D eigenvalue weighted by Crippen LogP contribution is -1.81. The highest BCUT2D eigenvalue weighted by Crippen LogP contribution is 2.31. The first kappa shape index (κ1) is 13.4. The van der Waals surface area contributed by atoms with E-state index in [0.29, 0.717) is 6.37 Å². The zero-order valence-electron chi connectivity index (χ0n) is 8.88. The van der Waals surface area contributed by atoms with Gasteiger partial charge < -0.3 is 0 Å². The van der Waals surface area contributed by atoms with Crippen molar-refractivity contribution in [3.63, 3.8) is 0 Å². The van der Waals surface area contributed by atoms with Crippen molar-refractivity contribution < 1.29 is 0 Å². The lowest BCUT2D eigenvalue weighted by Gasteiger charge is -1.95. The van der Waals surface area contributed by atoms with Crippen LogP contribution < -0.4 is 0 Å². The van der Waals surface area contributed by atoms with Gasteiger partial charge in [0, 0.05) is 9.86 Å². The summed E-state index contributed by atoms with van der Waals surface area (Å²) in [4.78, 5) is 0. The quantitative estimate of drug-likeness (QED) is 0.492. The largest absolute Gasteiger partial charge is 0.237 e. The predicted octanol–water partition coefficient (Wildman–Crippen LogP) is 4.93. The van der Waals surface area contributed by atoms with Gasteiger partial charge in [0.05, 0.1) is 17.6 Å². The van der Waals surface area contributed by atoms with Crippen LogP contribution in [0.3, 0.4) is 0 Å². The molecule has 0 aliphatic heterocycles. The molecule has 2 rings (SSSR count). The van der Waals surface area contributed by atoms with Crippen LogP contribution in [0.2, 0.25) is 0 Å². The van der Waals surface area contributed by atoms with E-state index in [1.807, 2.05) is 25.2 Å². The summed E-state index contributed by atoms with van der Waals surface area (Å²) in [6, 6.07) is 6.27. The van der Waals surface area contributed by atoms with E-state index in [1.165, 1.54) is 10.9 Å². The smallest absolute Gasteiger partial charge is 0.0733 e. The minimum atomic E-state index is 0.662. The molecule has 0 amide bonds. The first-order valence-corrected chi connectivity index (χ1v) is 9.59. The molecular formula is C10H13BrIN2P. The molecule has 1 aromatic heterocycles. The fourth-order valence-corrected chi connectivity index (χ4v) is 3.24. The summed E-state index contributed by atoms with van der Waals surface area (Å²) in [7, 11) is 0. The van der Waals surface area contributed by atoms with Gasteiger partial charge in [-0.15, -0.1) is 0 Å². The summed E-state index contributed by atoms with van der Waals surface area (Å²) in [5.74, 6) is 0. The number of fused-ring (bicyclic) bond motifs is 1. The second-order valence-corrected chi connectivity index (χ2v) is 5.70. The topological polar surface area (TPSA) is 17.8 Å². The molecule has 0 saturated heterocycles. The summed E-state index contributed by atoms with van der Waals surface area (Å²) in [6.45, 7) is 6.04. The molecule has 5 heteroatoms. The van der Waals surface area contributed by atoms with Gasteiger partial charge in [-0.25, -0.2) is 4.45 Å². The highest BCUT2D eigenvalue weighted by Gasteiger charge is 2.05. The molecule has 1 aromatic carbocycles. The summed E-state index contributed by atoms with van der Waals surface area (Å²) in [5, 5.41) is 5.68. The Morgan fingerprint density at radius 3 is 2.67 bits per heavy atom. The Kier molecular flexibility index (Phi) is 5.50. The fraction of sp³-hybridized carbons (Fsp3) is 0.300. The summed E-state index contributed by atoms with van der Waals surface area (Å²) in [6.07, 6.45) is 0.662. The van der Waals surface area contributed by atoms with Crippen molar-refractivity contribution in [2.45, 2.75) is 20.8 Å². The third-order valence-corrected chi connectivity index (χ3v) is 4.27. The van der Waals surface area contributed by atoms with Crippen molar-refractivity contribution in [3.8, 4) is 0 Å². The standard InChI is InChI=1S/C8H7BrIN2P.C2H6/c1-5-7-4-6(9)2-3-8(7)12(11-5)13-10;1-2/h2-4,13H,1H3;1-2H3. The van der Waals surface area contributed by atoms with Gasteiger partial charge in [0.1, 0.15) is 0 Å². The van der Waals surface area contributed by atoms with Gasteiger partial charge >= 0.3 is 0 Å². The van der Waals surface area contributed by atoms with Crippen LogP contribution in [0.5, 0.6) is 0 Å². The van der Waals surface area contributed by atoms with E-state index in [2.05, 4.69) is 61.3 Å². The maximum absolute atomic E-state index is 4.45. The third kappa shape index (κ3) is 2.92. The van der Waals surface area contributed by atoms with E-state index in [-0.39, 0.29) is 0 Å². The fourth-order valence-electron chi connectivity index (χ4n) is 1.30. The lowest BCUT2D eigenvalue weighted by atomic mass is 10.2. The number of hydrogen-bond acceptors (Lipinski definition) is 1. The molecule has 0 radical (unpaired) electrons. The van der Waals surface area contributed by atoms with E-state index in [9.17, 15) is 0 Å². The van der Waals surface area contributed by atoms with Gasteiger partial charge in [-0.3, -0.25) is 0 Å². The molecule has 82 valence electrons. The second kappa shape index (κ2) is 6.16. The van der Waals surface area contributed by atoms with Gasteiger partial charge in [-0.1, -0.05) is 29.8 Å². The molecule has 2 aromatic rings. The Morgan fingerprint density at radius 1 is 1.40 bits per heavy atom. The Balaban J connectivity index is 0.000000531. The minimum Gasteiger partial charge on any atom is -0.237 e. The van der Waals surface area contributed by atoms with Crippen molar-refractivity contribution in [1.29, 1.82) is 0 Å². The molecule has 0 aliphatic rings. The molecule has 1 atom stereocenters. The van der Waals surface area contributed by atoms with E-state index in [4.69, 9.17) is 0 Å². The van der Waals surface area contributed by atoms with E-state index in [1.54, 1.807) is 0 Å². The molecule has 0 bridgehead atoms. The zero-order valence-corrected chi connectivity index (χ0v) is 13.6. The molecule has 15 heavy (non-hydrogen) atoms. The van der Waals surface area contributed by atoms with E-state index < -0.39 is 0 Å². The van der Waals surface area contributed by atoms with Crippen molar-refractivity contribution in [2.24, 2.45) is 0 Å². The van der Waals surface area contributed by atoms with Crippen LogP contribution >= 0.6 is 44.3 Å². The maximum atomic E-state index is 4.45. The lowest BCUT2D eigenvalue weighted by molar-refractivity contribution is 1.00. The average molecular weight is 399 g/mol. The normalized spacial score (nSPS) is 10.7. The molecule has 0 aliphatic carbocycles. The summed E-state index contributed by atoms with van der Waals surface area (Å²) >= 11 is 5.80. The van der Waals surface area contributed by atoms with Crippen LogP contribution in [0.4, 0.5) is 0 Å². The van der Waals surface area contributed by atoms with Crippen LogP contribution in [0.1, 0.15) is 19.5 Å². The van der Waals surface area contributed by atoms with Gasteiger partial charge in [0.2, 0.25) is 0 Å². The third-order valence-electron chi connectivity index (χ3n) is 1.91. The Bertz CT molecular complexity index is 456. The first-order chi connectivity index (χ1) is 7.22. The second-order valence-electron chi connectivity index (χ2n) is 2.74. The van der Waals surface area contributed by atoms with Crippen LogP contribution in [0.15, 0.2) is 22.7 Å². The Hall–Kier alpha value is 0.330. The maximum Gasteiger partial charge on any atom is 0.0733 e. The number of nitrogens with zero attached hydrogens (tertiary/aromatic N) is 2. The molecule has 0 N–H and O–H groups in total. The predicted molar refractivity (Wildman–Crippen MR) is 81.3 cm³/mol. The van der Waals surface area contributed by atoms with E-state index in [0.717, 1.165) is 10.2 Å². The van der Waals surface area contributed by atoms with Crippen molar-refractivity contribution in [3.05, 3.63) is 28.4 Å². The van der Waals surface area contributed by atoms with Crippen molar-refractivity contribution in [2.75, 3.05) is 0 Å². The number of rotatable bonds is 1. The highest BCUT2D eigenvalue weighted by molar-refractivity contribution is 14.2. The minimum absolute atomic E-state index is 0.662. The molecule has 0 saturated carbocycles. The highest BCUT2D eigenvalue weighted by atomic mass is 127. The van der Waals surface area contributed by atoms with Gasteiger partial charge in [-0.2, -0.15) is 5.10 Å². The van der Waals surface area contributed by atoms with Crippen LogP contribution in [0, 0.1) is 6.92 Å². The van der Waals surface area contributed by atoms with Crippen LogP contribution in [-0.2, 0) is 0 Å². The summed E-state index contributed by atoms with van der Waals surface area (Å²) in [5.41, 5.74) is 2.31. The van der Waals surface area contributed by atoms with Crippen LogP contribution in [-0.4, -0.2) is 9.55 Å². The number of hydrogen-bond donors (Lipinski definition) is 0. The molecule has 1 heterocycles. The van der Waals surface area contributed by atoms with Crippen molar-refractivity contribution >= 4 is 55.2 Å². The number of aromatic nitrogens is 2. The Morgan fingerprint density at radius 2 is 2.07 bits per heavy atom. The zero-order chi connectivity index (χ0) is 11.4. The molecule has 2 nitrogen and oxygen atoms in total.